The van der Waals surface area contributed by atoms with E-state index in [-0.39, 0.29) is 24.8 Å². The number of benzene rings is 1. The van der Waals surface area contributed by atoms with Crippen LogP contribution in [0.4, 0.5) is 0 Å². The van der Waals surface area contributed by atoms with Gasteiger partial charge in [0.05, 0.1) is 0 Å². The van der Waals surface area contributed by atoms with Gasteiger partial charge in [-0.25, -0.2) is 5.01 Å². The smallest absolute Gasteiger partial charge is 0.322 e. The molecule has 0 aliphatic heterocycles. The van der Waals surface area contributed by atoms with E-state index in [4.69, 9.17) is 0 Å². The maximum atomic E-state index is 11.4. The second kappa shape index (κ2) is 9.26. The number of aryl methyl sites for hydroxylation is 1. The van der Waals surface area contributed by atoms with Crippen LogP contribution in [0.3, 0.4) is 0 Å². The summed E-state index contributed by atoms with van der Waals surface area (Å²) in [6.45, 7) is 2.11. The first-order valence-electron chi connectivity index (χ1n) is 6.89. The van der Waals surface area contributed by atoms with Gasteiger partial charge in [0, 0.05) is 13.1 Å². The van der Waals surface area contributed by atoms with E-state index in [1.807, 2.05) is 19.2 Å². The van der Waals surface area contributed by atoms with Crippen molar-refractivity contribution in [3.63, 3.8) is 0 Å². The highest BCUT2D eigenvalue weighted by Gasteiger charge is 2.28. The largest absolute Gasteiger partial charge is 0.480 e. The molecule has 0 bridgehead atoms. The highest BCUT2D eigenvalue weighted by atomic mass is 35.5. The van der Waals surface area contributed by atoms with E-state index in [0.717, 1.165) is 24.8 Å². The van der Waals surface area contributed by atoms with Gasteiger partial charge in [0.1, 0.15) is 6.04 Å². The Hall–Kier alpha value is -0.810. The molecule has 120 valence electrons. The fraction of sp³-hybridized carbons (Fsp3) is 0.533. The van der Waals surface area contributed by atoms with Gasteiger partial charge in [-0.2, -0.15) is 0 Å². The lowest BCUT2D eigenvalue weighted by molar-refractivity contribution is -0.144. The Balaban J connectivity index is 0.00000200. The van der Waals surface area contributed by atoms with E-state index in [1.165, 1.54) is 5.56 Å². The van der Waals surface area contributed by atoms with Crippen LogP contribution in [0.15, 0.2) is 24.3 Å². The Morgan fingerprint density at radius 3 is 2.24 bits per heavy atom. The van der Waals surface area contributed by atoms with Crippen LogP contribution < -0.4 is 5.43 Å². The molecule has 1 aliphatic rings. The van der Waals surface area contributed by atoms with E-state index in [9.17, 15) is 9.90 Å². The fourth-order valence-electron chi connectivity index (χ4n) is 2.11. The van der Waals surface area contributed by atoms with Crippen molar-refractivity contribution in [3.8, 4) is 0 Å². The average Bonchev–Trinajstić information content (AvgIpc) is 3.20. The summed E-state index contributed by atoms with van der Waals surface area (Å²) in [5.41, 5.74) is 5.57. The summed E-state index contributed by atoms with van der Waals surface area (Å²) in [5.74, 6) is -0.782. The Bertz CT molecular complexity index is 436. The van der Waals surface area contributed by atoms with Gasteiger partial charge in [0.15, 0.2) is 0 Å². The van der Waals surface area contributed by atoms with Gasteiger partial charge in [-0.1, -0.05) is 31.2 Å². The summed E-state index contributed by atoms with van der Waals surface area (Å²) in [7, 11) is 1.82. The molecule has 1 aliphatic carbocycles. The number of hydrogen-bond acceptors (Lipinski definition) is 3. The molecule has 1 aromatic rings. The van der Waals surface area contributed by atoms with Crippen molar-refractivity contribution >= 4 is 30.8 Å². The Labute approximate surface area is 138 Å². The van der Waals surface area contributed by atoms with Crippen LogP contribution in [0.25, 0.3) is 0 Å². The fourth-order valence-corrected chi connectivity index (χ4v) is 2.11. The molecule has 0 heterocycles. The summed E-state index contributed by atoms with van der Waals surface area (Å²) >= 11 is 0. The number of carbonyl (C=O) groups is 1. The van der Waals surface area contributed by atoms with E-state index in [2.05, 4.69) is 24.5 Å². The maximum absolute atomic E-state index is 11.4. The van der Waals surface area contributed by atoms with Gasteiger partial charge in [-0.3, -0.25) is 10.2 Å². The first kappa shape index (κ1) is 20.2. The number of hydrazine groups is 1. The number of nitrogens with zero attached hydrogens (tertiary/aromatic N) is 1. The predicted molar refractivity (Wildman–Crippen MR) is 89.4 cm³/mol. The third-order valence-electron chi connectivity index (χ3n) is 3.58. The number of nitrogens with one attached hydrogen (secondary N) is 1. The monoisotopic (exact) mass is 334 g/mol. The molecule has 0 amide bonds. The van der Waals surface area contributed by atoms with Crippen molar-refractivity contribution in [1.82, 2.24) is 10.4 Å². The summed E-state index contributed by atoms with van der Waals surface area (Å²) in [6, 6.07) is 8.15. The average molecular weight is 335 g/mol. The molecular weight excluding hydrogens is 311 g/mol. The first-order chi connectivity index (χ1) is 9.10. The van der Waals surface area contributed by atoms with Crippen LogP contribution >= 0.6 is 24.8 Å². The zero-order chi connectivity index (χ0) is 13.8. The molecular formula is C15H24Cl2N2O2. The minimum absolute atomic E-state index is 0. The van der Waals surface area contributed by atoms with Gasteiger partial charge in [0.2, 0.25) is 0 Å². The van der Waals surface area contributed by atoms with Gasteiger partial charge in [-0.15, -0.1) is 24.8 Å². The zero-order valence-corrected chi connectivity index (χ0v) is 14.0. The van der Waals surface area contributed by atoms with Crippen LogP contribution in [-0.2, 0) is 17.6 Å². The Morgan fingerprint density at radius 2 is 1.81 bits per heavy atom. The molecule has 21 heavy (non-hydrogen) atoms. The van der Waals surface area contributed by atoms with E-state index < -0.39 is 12.0 Å². The lowest BCUT2D eigenvalue weighted by Crippen LogP contribution is -2.48. The van der Waals surface area contributed by atoms with Crippen LogP contribution in [0.1, 0.15) is 30.9 Å². The third kappa shape index (κ3) is 6.22. The molecule has 1 saturated carbocycles. The maximum Gasteiger partial charge on any atom is 0.322 e. The number of likely N-dealkylation sites (N-methyl/N-ethyl adjacent to an activating group) is 1. The number of carboxylic acids is 1. The van der Waals surface area contributed by atoms with Crippen LogP contribution in [0, 0.1) is 0 Å². The second-order valence-corrected chi connectivity index (χ2v) is 5.24. The lowest BCUT2D eigenvalue weighted by atomic mass is 10.0. The number of halogens is 2. The molecule has 0 radical (unpaired) electrons. The second-order valence-electron chi connectivity index (χ2n) is 5.24. The van der Waals surface area contributed by atoms with Gasteiger partial charge in [-0.05, 0) is 36.8 Å². The molecule has 0 spiro atoms. The highest BCUT2D eigenvalue weighted by Crippen LogP contribution is 2.20. The molecule has 0 saturated heterocycles. The van der Waals surface area contributed by atoms with Crippen molar-refractivity contribution < 1.29 is 9.90 Å². The van der Waals surface area contributed by atoms with Crippen LogP contribution in [-0.4, -0.2) is 35.2 Å². The molecule has 1 atom stereocenters. The molecule has 1 unspecified atom stereocenters. The van der Waals surface area contributed by atoms with Crippen LogP contribution in [0.2, 0.25) is 0 Å². The van der Waals surface area contributed by atoms with Crippen molar-refractivity contribution in [1.29, 1.82) is 0 Å². The summed E-state index contributed by atoms with van der Waals surface area (Å²) in [5, 5.41) is 11.1. The van der Waals surface area contributed by atoms with Crippen molar-refractivity contribution in [3.05, 3.63) is 35.4 Å². The molecule has 6 heteroatoms. The van der Waals surface area contributed by atoms with Crippen LogP contribution in [0.5, 0.6) is 0 Å². The number of hydrogen-bond donors (Lipinski definition) is 2. The minimum Gasteiger partial charge on any atom is -0.480 e. The number of carboxylic acid groups (broad SMARTS) is 1. The van der Waals surface area contributed by atoms with Crippen molar-refractivity contribution in [2.75, 3.05) is 7.05 Å². The van der Waals surface area contributed by atoms with Crippen molar-refractivity contribution in [2.24, 2.45) is 0 Å². The molecule has 1 aromatic carbocycles. The van der Waals surface area contributed by atoms with E-state index >= 15 is 0 Å². The zero-order valence-electron chi connectivity index (χ0n) is 12.4. The SMILES string of the molecule is CCc1ccc(CC(C(=O)O)N(C)NC2CC2)cc1.Cl.Cl. The molecule has 2 rings (SSSR count). The standard InChI is InChI=1S/C15H22N2O2.2ClH/c1-3-11-4-6-12(7-5-11)10-14(15(18)19)17(2)16-13-8-9-13;;/h4-7,13-14,16H,3,8-10H2,1-2H3,(H,18,19);2*1H. The molecule has 2 N–H and O–H groups in total. The molecule has 0 aromatic heterocycles. The molecule has 1 fully saturated rings. The first-order valence-corrected chi connectivity index (χ1v) is 6.89. The number of aliphatic carboxylic acids is 1. The normalized spacial score (nSPS) is 15.0. The van der Waals surface area contributed by atoms with Gasteiger partial charge < -0.3 is 5.11 Å². The third-order valence-corrected chi connectivity index (χ3v) is 3.58. The predicted octanol–water partition coefficient (Wildman–Crippen LogP) is 2.69. The van der Waals surface area contributed by atoms with E-state index in [1.54, 1.807) is 5.01 Å². The lowest BCUT2D eigenvalue weighted by Gasteiger charge is -2.25. The van der Waals surface area contributed by atoms with Gasteiger partial charge in [0.25, 0.3) is 0 Å². The van der Waals surface area contributed by atoms with Gasteiger partial charge >= 0.3 is 5.97 Å². The highest BCUT2D eigenvalue weighted by molar-refractivity contribution is 5.85. The minimum atomic E-state index is -0.782. The topological polar surface area (TPSA) is 52.6 Å². The quantitative estimate of drug-likeness (QED) is 0.753. The summed E-state index contributed by atoms with van der Waals surface area (Å²) in [6.07, 6.45) is 3.81. The summed E-state index contributed by atoms with van der Waals surface area (Å²) in [4.78, 5) is 11.4. The number of rotatable bonds is 7. The van der Waals surface area contributed by atoms with E-state index in [0.29, 0.717) is 12.5 Å². The molecule has 4 nitrogen and oxygen atoms in total. The Morgan fingerprint density at radius 1 is 1.29 bits per heavy atom. The van der Waals surface area contributed by atoms with Crippen molar-refractivity contribution in [2.45, 2.75) is 44.7 Å². The summed E-state index contributed by atoms with van der Waals surface area (Å²) < 4.78 is 0. The Kier molecular flexibility index (Phi) is 8.90.